The Balaban J connectivity index is 1.58. The molecule has 1 aliphatic heterocycles. The van der Waals surface area contributed by atoms with Gasteiger partial charge >= 0.3 is 0 Å². The number of anilines is 1. The summed E-state index contributed by atoms with van der Waals surface area (Å²) < 4.78 is 40.9. The lowest BCUT2D eigenvalue weighted by Crippen LogP contribution is -2.50. The lowest BCUT2D eigenvalue weighted by atomic mass is 10.1. The first-order chi connectivity index (χ1) is 13.7. The number of sulfonamides is 1. The van der Waals surface area contributed by atoms with Crippen LogP contribution in [0.1, 0.15) is 11.1 Å². The van der Waals surface area contributed by atoms with Gasteiger partial charge in [0.1, 0.15) is 5.82 Å². The number of hydrogen-bond acceptors (Lipinski definition) is 4. The SMILES string of the molecule is Cc1ccc(S(=O)(=O)N2CCN(CC(=O)Nc3cc(Cl)ccc3F)CC2)cc1C. The maximum atomic E-state index is 13.7. The minimum atomic E-state index is -3.57. The van der Waals surface area contributed by atoms with E-state index in [1.54, 1.807) is 18.2 Å². The number of piperazine rings is 1. The number of benzene rings is 2. The summed E-state index contributed by atoms with van der Waals surface area (Å²) in [7, 11) is -3.57. The van der Waals surface area contributed by atoms with Crippen molar-refractivity contribution >= 4 is 33.2 Å². The smallest absolute Gasteiger partial charge is 0.243 e. The second-order valence-electron chi connectivity index (χ2n) is 7.10. The highest BCUT2D eigenvalue weighted by molar-refractivity contribution is 7.89. The molecule has 0 bridgehead atoms. The van der Waals surface area contributed by atoms with Crippen LogP contribution in [0.5, 0.6) is 0 Å². The summed E-state index contributed by atoms with van der Waals surface area (Å²) in [4.78, 5) is 14.3. The number of carbonyl (C=O) groups excluding carboxylic acids is 1. The molecule has 0 spiro atoms. The van der Waals surface area contributed by atoms with Crippen molar-refractivity contribution in [2.45, 2.75) is 18.7 Å². The largest absolute Gasteiger partial charge is 0.322 e. The zero-order valence-electron chi connectivity index (χ0n) is 16.3. The van der Waals surface area contributed by atoms with E-state index in [1.165, 1.54) is 22.5 Å². The van der Waals surface area contributed by atoms with E-state index in [2.05, 4.69) is 5.32 Å². The van der Waals surface area contributed by atoms with Gasteiger partial charge in [-0.1, -0.05) is 17.7 Å². The zero-order chi connectivity index (χ0) is 21.2. The molecule has 1 amide bonds. The molecule has 1 saturated heterocycles. The molecule has 0 aliphatic carbocycles. The Morgan fingerprint density at radius 2 is 1.76 bits per heavy atom. The van der Waals surface area contributed by atoms with Gasteiger partial charge in [-0.2, -0.15) is 4.31 Å². The van der Waals surface area contributed by atoms with Crippen LogP contribution in [0.25, 0.3) is 0 Å². The third kappa shape index (κ3) is 5.14. The van der Waals surface area contributed by atoms with Crippen molar-refractivity contribution in [2.24, 2.45) is 0 Å². The van der Waals surface area contributed by atoms with Crippen LogP contribution in [0.15, 0.2) is 41.3 Å². The Bertz CT molecular complexity index is 1020. The second-order valence-corrected chi connectivity index (χ2v) is 9.47. The van der Waals surface area contributed by atoms with Crippen molar-refractivity contribution in [3.05, 3.63) is 58.4 Å². The molecule has 9 heteroatoms. The number of nitrogens with one attached hydrogen (secondary N) is 1. The topological polar surface area (TPSA) is 69.7 Å². The molecule has 1 heterocycles. The van der Waals surface area contributed by atoms with Crippen molar-refractivity contribution in [3.63, 3.8) is 0 Å². The molecule has 2 aromatic rings. The van der Waals surface area contributed by atoms with Gasteiger partial charge in [0.2, 0.25) is 15.9 Å². The summed E-state index contributed by atoms with van der Waals surface area (Å²) in [6.45, 7) is 5.26. The fourth-order valence-corrected chi connectivity index (χ4v) is 4.82. The number of aryl methyl sites for hydroxylation is 2. The van der Waals surface area contributed by atoms with Crippen LogP contribution in [-0.2, 0) is 14.8 Å². The molecule has 0 saturated carbocycles. The number of rotatable bonds is 5. The lowest BCUT2D eigenvalue weighted by Gasteiger charge is -2.33. The van der Waals surface area contributed by atoms with Gasteiger partial charge in [-0.3, -0.25) is 9.69 Å². The number of nitrogens with zero attached hydrogens (tertiary/aromatic N) is 2. The molecular weight excluding hydrogens is 417 g/mol. The van der Waals surface area contributed by atoms with Crippen LogP contribution in [0.4, 0.5) is 10.1 Å². The van der Waals surface area contributed by atoms with Gasteiger partial charge in [0.25, 0.3) is 0 Å². The van der Waals surface area contributed by atoms with Crippen molar-refractivity contribution < 1.29 is 17.6 Å². The Labute approximate surface area is 175 Å². The van der Waals surface area contributed by atoms with Crippen LogP contribution in [0.3, 0.4) is 0 Å². The van der Waals surface area contributed by atoms with Crippen molar-refractivity contribution in [1.29, 1.82) is 0 Å². The van der Waals surface area contributed by atoms with E-state index in [9.17, 15) is 17.6 Å². The fraction of sp³-hybridized carbons (Fsp3) is 0.350. The van der Waals surface area contributed by atoms with Crippen LogP contribution in [-0.4, -0.2) is 56.3 Å². The van der Waals surface area contributed by atoms with Crippen molar-refractivity contribution in [2.75, 3.05) is 38.0 Å². The van der Waals surface area contributed by atoms with Gasteiger partial charge in [-0.25, -0.2) is 12.8 Å². The Morgan fingerprint density at radius 1 is 1.07 bits per heavy atom. The van der Waals surface area contributed by atoms with Crippen LogP contribution in [0.2, 0.25) is 5.02 Å². The van der Waals surface area contributed by atoms with Crippen molar-refractivity contribution in [3.8, 4) is 0 Å². The lowest BCUT2D eigenvalue weighted by molar-refractivity contribution is -0.117. The molecule has 1 N–H and O–H groups in total. The van der Waals surface area contributed by atoms with Crippen LogP contribution in [0, 0.1) is 19.7 Å². The van der Waals surface area contributed by atoms with E-state index in [0.717, 1.165) is 11.1 Å². The minimum absolute atomic E-state index is 0.0263. The first kappa shape index (κ1) is 21.7. The molecule has 0 aromatic heterocycles. The van der Waals surface area contributed by atoms with E-state index in [-0.39, 0.29) is 36.1 Å². The summed E-state index contributed by atoms with van der Waals surface area (Å²) >= 11 is 5.83. The first-order valence-corrected chi connectivity index (χ1v) is 11.0. The molecule has 6 nitrogen and oxygen atoms in total. The molecular formula is C20H23ClFN3O3S. The van der Waals surface area contributed by atoms with E-state index in [0.29, 0.717) is 18.1 Å². The summed E-state index contributed by atoms with van der Waals surface area (Å²) in [5, 5.41) is 2.83. The van der Waals surface area contributed by atoms with Gasteiger partial charge in [-0.05, 0) is 55.3 Å². The van der Waals surface area contributed by atoms with E-state index in [1.807, 2.05) is 18.7 Å². The average Bonchev–Trinajstić information content (AvgIpc) is 2.67. The van der Waals surface area contributed by atoms with Gasteiger partial charge in [0, 0.05) is 31.2 Å². The molecule has 1 fully saturated rings. The Hall–Kier alpha value is -2.00. The summed E-state index contributed by atoms with van der Waals surface area (Å²) in [6.07, 6.45) is 0. The third-order valence-corrected chi connectivity index (χ3v) is 7.15. The van der Waals surface area contributed by atoms with Crippen LogP contribution >= 0.6 is 11.6 Å². The van der Waals surface area contributed by atoms with Gasteiger partial charge in [-0.15, -0.1) is 0 Å². The molecule has 0 unspecified atom stereocenters. The molecule has 3 rings (SSSR count). The highest BCUT2D eigenvalue weighted by Gasteiger charge is 2.29. The number of hydrogen-bond donors (Lipinski definition) is 1. The quantitative estimate of drug-likeness (QED) is 0.777. The molecule has 29 heavy (non-hydrogen) atoms. The third-order valence-electron chi connectivity index (χ3n) is 5.02. The molecule has 1 aliphatic rings. The summed E-state index contributed by atoms with van der Waals surface area (Å²) in [5.74, 6) is -0.941. The molecule has 2 aromatic carbocycles. The minimum Gasteiger partial charge on any atom is -0.322 e. The summed E-state index contributed by atoms with van der Waals surface area (Å²) in [5.41, 5.74) is 1.99. The van der Waals surface area contributed by atoms with E-state index < -0.39 is 15.8 Å². The number of amides is 1. The number of carbonyl (C=O) groups is 1. The molecule has 156 valence electrons. The molecule has 0 radical (unpaired) electrons. The number of halogens is 2. The Kier molecular flexibility index (Phi) is 6.58. The molecule has 0 atom stereocenters. The monoisotopic (exact) mass is 439 g/mol. The predicted molar refractivity (Wildman–Crippen MR) is 111 cm³/mol. The van der Waals surface area contributed by atoms with E-state index >= 15 is 0 Å². The van der Waals surface area contributed by atoms with Gasteiger partial charge in [0.05, 0.1) is 17.1 Å². The van der Waals surface area contributed by atoms with Crippen molar-refractivity contribution in [1.82, 2.24) is 9.21 Å². The first-order valence-electron chi connectivity index (χ1n) is 9.21. The maximum Gasteiger partial charge on any atom is 0.243 e. The maximum absolute atomic E-state index is 13.7. The van der Waals surface area contributed by atoms with Gasteiger partial charge < -0.3 is 5.32 Å². The predicted octanol–water partition coefficient (Wildman–Crippen LogP) is 3.04. The highest BCUT2D eigenvalue weighted by Crippen LogP contribution is 2.21. The highest BCUT2D eigenvalue weighted by atomic mass is 35.5. The second kappa shape index (κ2) is 8.79. The Morgan fingerprint density at radius 3 is 2.41 bits per heavy atom. The van der Waals surface area contributed by atoms with E-state index in [4.69, 9.17) is 11.6 Å². The zero-order valence-corrected chi connectivity index (χ0v) is 17.9. The summed E-state index contributed by atoms with van der Waals surface area (Å²) in [6, 6.07) is 9.05. The van der Waals surface area contributed by atoms with Gasteiger partial charge in [0.15, 0.2) is 0 Å². The van der Waals surface area contributed by atoms with Crippen LogP contribution < -0.4 is 5.32 Å². The standard InChI is InChI=1S/C20H23ClFN3O3S/c1-14-3-5-17(11-15(14)2)29(27,28)25-9-7-24(8-10-25)13-20(26)23-19-12-16(21)4-6-18(19)22/h3-6,11-12H,7-10,13H2,1-2H3,(H,23,26). The average molecular weight is 440 g/mol. The normalized spacial score (nSPS) is 16.0. The fourth-order valence-electron chi connectivity index (χ4n) is 3.14.